The van der Waals surface area contributed by atoms with Crippen LogP contribution in [0.5, 0.6) is 0 Å². The molecule has 0 bridgehead atoms. The quantitative estimate of drug-likeness (QED) is 0.773. The lowest BCUT2D eigenvalue weighted by atomic mass is 9.90. The monoisotopic (exact) mass is 184 g/mol. The van der Waals surface area contributed by atoms with E-state index in [4.69, 9.17) is 0 Å². The Labute approximate surface area is 77.3 Å². The molecule has 13 heavy (non-hydrogen) atoms. The normalized spacial score (nSPS) is 13.5. The molecule has 0 saturated heterocycles. The molecule has 74 valence electrons. The van der Waals surface area contributed by atoms with Crippen LogP contribution in [0.15, 0.2) is 9.32 Å². The summed E-state index contributed by atoms with van der Waals surface area (Å²) in [5.74, 6) is 1.35. The lowest BCUT2D eigenvalue weighted by Gasteiger charge is -2.16. The highest BCUT2D eigenvalue weighted by atomic mass is 16.5. The second-order valence-electron chi connectivity index (χ2n) is 3.66. The van der Waals surface area contributed by atoms with Crippen LogP contribution in [0, 0.1) is 11.8 Å². The van der Waals surface area contributed by atoms with E-state index in [1.54, 1.807) is 0 Å². The van der Waals surface area contributed by atoms with Gasteiger partial charge in [-0.05, 0) is 11.8 Å². The molecule has 0 fully saturated rings. The number of nitrogens with zero attached hydrogens (tertiary/aromatic N) is 1. The fraction of sp³-hybridized carbons (Fsp3) is 0.778. The number of nitrogens with one attached hydrogen (secondary N) is 1. The van der Waals surface area contributed by atoms with Crippen molar-refractivity contribution in [3.8, 4) is 0 Å². The lowest BCUT2D eigenvalue weighted by Crippen LogP contribution is -2.12. The molecule has 4 heteroatoms. The molecule has 1 atom stereocenters. The lowest BCUT2D eigenvalue weighted by molar-refractivity contribution is 0.346. The summed E-state index contributed by atoms with van der Waals surface area (Å²) in [5, 5.41) is 3.64. The zero-order valence-electron chi connectivity index (χ0n) is 8.33. The zero-order chi connectivity index (χ0) is 9.84. The van der Waals surface area contributed by atoms with E-state index in [0.717, 1.165) is 12.8 Å². The highest BCUT2D eigenvalue weighted by Gasteiger charge is 2.14. The first kappa shape index (κ1) is 10.0. The Hall–Kier alpha value is -1.06. The van der Waals surface area contributed by atoms with Crippen LogP contribution in [0.1, 0.15) is 33.0 Å². The van der Waals surface area contributed by atoms with Crippen molar-refractivity contribution in [2.75, 3.05) is 0 Å². The molecule has 0 spiro atoms. The summed E-state index contributed by atoms with van der Waals surface area (Å²) in [6.45, 7) is 6.49. The van der Waals surface area contributed by atoms with Gasteiger partial charge in [-0.15, -0.1) is 0 Å². The molecule has 0 radical (unpaired) electrons. The van der Waals surface area contributed by atoms with Crippen molar-refractivity contribution in [3.63, 3.8) is 0 Å². The summed E-state index contributed by atoms with van der Waals surface area (Å²) in [7, 11) is 0. The van der Waals surface area contributed by atoms with Gasteiger partial charge in [-0.25, -0.2) is 4.79 Å². The van der Waals surface area contributed by atoms with E-state index in [1.807, 2.05) is 0 Å². The Kier molecular flexibility index (Phi) is 3.28. The van der Waals surface area contributed by atoms with Crippen LogP contribution in [-0.2, 0) is 6.42 Å². The van der Waals surface area contributed by atoms with E-state index in [9.17, 15) is 4.79 Å². The first-order valence-corrected chi connectivity index (χ1v) is 4.68. The summed E-state index contributed by atoms with van der Waals surface area (Å²) in [6, 6.07) is 0. The summed E-state index contributed by atoms with van der Waals surface area (Å²) < 4.78 is 4.43. The number of rotatable bonds is 4. The van der Waals surface area contributed by atoms with Crippen LogP contribution >= 0.6 is 0 Å². The molecule has 0 aliphatic rings. The van der Waals surface area contributed by atoms with Gasteiger partial charge in [0.1, 0.15) is 0 Å². The molecule has 1 aromatic heterocycles. The van der Waals surface area contributed by atoms with Crippen LogP contribution in [0.2, 0.25) is 0 Å². The number of aromatic nitrogens is 2. The van der Waals surface area contributed by atoms with Crippen LogP contribution in [0.25, 0.3) is 0 Å². The maximum Gasteiger partial charge on any atom is 0.438 e. The van der Waals surface area contributed by atoms with Gasteiger partial charge in [-0.3, -0.25) is 9.51 Å². The maximum absolute atomic E-state index is 10.6. The molecular formula is C9H16N2O2. The molecule has 4 nitrogen and oxygen atoms in total. The van der Waals surface area contributed by atoms with E-state index in [1.165, 1.54) is 0 Å². The highest BCUT2D eigenvalue weighted by Crippen LogP contribution is 2.17. The molecule has 1 N–H and O–H groups in total. The van der Waals surface area contributed by atoms with Crippen molar-refractivity contribution >= 4 is 0 Å². The fourth-order valence-corrected chi connectivity index (χ4v) is 1.45. The van der Waals surface area contributed by atoms with Crippen molar-refractivity contribution in [3.05, 3.63) is 16.4 Å². The van der Waals surface area contributed by atoms with Gasteiger partial charge < -0.3 is 0 Å². The molecular weight excluding hydrogens is 168 g/mol. The van der Waals surface area contributed by atoms with Gasteiger partial charge in [0.25, 0.3) is 0 Å². The number of hydrogen-bond acceptors (Lipinski definition) is 3. The van der Waals surface area contributed by atoms with E-state index in [0.29, 0.717) is 17.7 Å². The molecule has 0 aliphatic heterocycles. The molecule has 1 unspecified atom stereocenters. The number of hydrogen-bond donors (Lipinski definition) is 1. The van der Waals surface area contributed by atoms with Crippen molar-refractivity contribution in [2.45, 2.75) is 33.6 Å². The van der Waals surface area contributed by atoms with Crippen LogP contribution < -0.4 is 5.76 Å². The van der Waals surface area contributed by atoms with Crippen LogP contribution in [-0.4, -0.2) is 10.1 Å². The van der Waals surface area contributed by atoms with Gasteiger partial charge in [0.15, 0.2) is 5.82 Å². The molecule has 1 heterocycles. The molecule has 1 rings (SSSR count). The van der Waals surface area contributed by atoms with E-state index < -0.39 is 5.76 Å². The smallest absolute Gasteiger partial charge is 0.296 e. The van der Waals surface area contributed by atoms with Crippen molar-refractivity contribution in [1.82, 2.24) is 10.1 Å². The number of H-pyrrole nitrogens is 1. The Morgan fingerprint density at radius 1 is 1.54 bits per heavy atom. The Morgan fingerprint density at radius 3 is 2.62 bits per heavy atom. The topological polar surface area (TPSA) is 58.9 Å². The highest BCUT2D eigenvalue weighted by molar-refractivity contribution is 4.82. The van der Waals surface area contributed by atoms with Crippen LogP contribution in [0.4, 0.5) is 0 Å². The third-order valence-corrected chi connectivity index (χ3v) is 2.41. The van der Waals surface area contributed by atoms with Gasteiger partial charge in [0.05, 0.1) is 0 Å². The van der Waals surface area contributed by atoms with Crippen LogP contribution in [0.3, 0.4) is 0 Å². The summed E-state index contributed by atoms with van der Waals surface area (Å²) in [4.78, 5) is 13.2. The van der Waals surface area contributed by atoms with Crippen molar-refractivity contribution in [1.29, 1.82) is 0 Å². The first-order chi connectivity index (χ1) is 6.13. The zero-order valence-corrected chi connectivity index (χ0v) is 8.33. The largest absolute Gasteiger partial charge is 0.438 e. The average molecular weight is 184 g/mol. The minimum atomic E-state index is -0.464. The second kappa shape index (κ2) is 4.25. The predicted molar refractivity (Wildman–Crippen MR) is 49.4 cm³/mol. The van der Waals surface area contributed by atoms with Gasteiger partial charge in [-0.1, -0.05) is 32.3 Å². The third-order valence-electron chi connectivity index (χ3n) is 2.41. The van der Waals surface area contributed by atoms with E-state index in [-0.39, 0.29) is 0 Å². The fourth-order valence-electron chi connectivity index (χ4n) is 1.45. The number of aromatic amines is 1. The maximum atomic E-state index is 10.6. The van der Waals surface area contributed by atoms with Crippen molar-refractivity contribution in [2.24, 2.45) is 11.8 Å². The summed E-state index contributed by atoms with van der Waals surface area (Å²) in [6.07, 6.45) is 1.88. The van der Waals surface area contributed by atoms with Gasteiger partial charge >= 0.3 is 5.76 Å². The van der Waals surface area contributed by atoms with Gasteiger partial charge in [0.2, 0.25) is 0 Å². The molecule has 0 aromatic carbocycles. The molecule has 1 aromatic rings. The Bertz CT molecular complexity index is 301. The SMILES string of the molecule is CCC(Cc1noc(=O)[nH]1)C(C)C. The Morgan fingerprint density at radius 2 is 2.23 bits per heavy atom. The van der Waals surface area contributed by atoms with E-state index >= 15 is 0 Å². The molecule has 0 amide bonds. The minimum absolute atomic E-state index is 0.464. The first-order valence-electron chi connectivity index (χ1n) is 4.68. The standard InChI is InChI=1S/C9H16N2O2/c1-4-7(6(2)3)5-8-10-9(12)13-11-8/h6-7H,4-5H2,1-3H3,(H,10,11,12). The van der Waals surface area contributed by atoms with E-state index in [2.05, 4.69) is 35.4 Å². The average Bonchev–Trinajstić information content (AvgIpc) is 2.46. The Balaban J connectivity index is 2.61. The molecule has 0 saturated carbocycles. The van der Waals surface area contributed by atoms with Gasteiger partial charge in [0, 0.05) is 6.42 Å². The predicted octanol–water partition coefficient (Wildman–Crippen LogP) is 1.59. The van der Waals surface area contributed by atoms with Gasteiger partial charge in [-0.2, -0.15) is 0 Å². The minimum Gasteiger partial charge on any atom is -0.296 e. The van der Waals surface area contributed by atoms with Crippen molar-refractivity contribution < 1.29 is 4.52 Å². The third kappa shape index (κ3) is 2.72. The molecule has 0 aliphatic carbocycles. The second-order valence-corrected chi connectivity index (χ2v) is 3.66. The summed E-state index contributed by atoms with van der Waals surface area (Å²) >= 11 is 0. The summed E-state index contributed by atoms with van der Waals surface area (Å²) in [5.41, 5.74) is 0.